The van der Waals surface area contributed by atoms with Gasteiger partial charge in [0.25, 0.3) is 0 Å². The number of rotatable bonds is 8. The van der Waals surface area contributed by atoms with E-state index in [-0.39, 0.29) is 18.2 Å². The molecule has 3 aromatic carbocycles. The molecule has 1 fully saturated rings. The van der Waals surface area contributed by atoms with E-state index in [0.717, 1.165) is 11.1 Å². The van der Waals surface area contributed by atoms with Gasteiger partial charge < -0.3 is 9.94 Å². The van der Waals surface area contributed by atoms with Crippen LogP contribution in [0.25, 0.3) is 0 Å². The summed E-state index contributed by atoms with van der Waals surface area (Å²) in [6, 6.07) is 20.4. The van der Waals surface area contributed by atoms with Crippen LogP contribution in [0.4, 0.5) is 26.3 Å². The summed E-state index contributed by atoms with van der Waals surface area (Å²) in [6.45, 7) is 3.73. The third-order valence-corrected chi connectivity index (χ3v) is 7.31. The highest BCUT2D eigenvalue weighted by atomic mass is 19.4. The lowest BCUT2D eigenvalue weighted by molar-refractivity contribution is -0.227. The normalized spacial score (nSPS) is 22.8. The summed E-state index contributed by atoms with van der Waals surface area (Å²) in [5.41, 5.74) is -2.26. The van der Waals surface area contributed by atoms with Gasteiger partial charge in [-0.2, -0.15) is 31.4 Å². The average molecular weight is 538 g/mol. The van der Waals surface area contributed by atoms with Crippen molar-refractivity contribution in [3.05, 3.63) is 107 Å². The highest BCUT2D eigenvalue weighted by molar-refractivity contribution is 5.35. The van der Waals surface area contributed by atoms with Gasteiger partial charge in [0.05, 0.1) is 23.8 Å². The van der Waals surface area contributed by atoms with Crippen molar-refractivity contribution in [2.75, 3.05) is 6.61 Å². The fraction of sp³-hybridized carbons (Fsp3) is 0.379. The summed E-state index contributed by atoms with van der Waals surface area (Å²) in [4.78, 5) is 0. The molecule has 1 aliphatic carbocycles. The minimum absolute atomic E-state index is 0.0601. The van der Waals surface area contributed by atoms with E-state index in [1.807, 2.05) is 67.6 Å². The molecule has 0 spiro atoms. The van der Waals surface area contributed by atoms with Crippen LogP contribution in [0.2, 0.25) is 0 Å². The van der Waals surface area contributed by atoms with Crippen LogP contribution in [0.1, 0.15) is 60.6 Å². The SMILES string of the molecule is C[C@@H](OCC1(c2ccccc2)CC(C)(N(O)Cc2ccccc2)C1)c1cc(C(F)(F)F)cc(C(F)(F)F)c1. The molecule has 4 rings (SSSR count). The maximum atomic E-state index is 13.3. The largest absolute Gasteiger partial charge is 0.416 e. The van der Waals surface area contributed by atoms with Gasteiger partial charge in [-0.25, -0.2) is 0 Å². The van der Waals surface area contributed by atoms with Crippen LogP contribution in [-0.2, 0) is 29.0 Å². The van der Waals surface area contributed by atoms with Crippen LogP contribution in [0.3, 0.4) is 0 Å². The van der Waals surface area contributed by atoms with Gasteiger partial charge >= 0.3 is 12.4 Å². The molecule has 0 saturated heterocycles. The molecule has 0 aromatic heterocycles. The summed E-state index contributed by atoms with van der Waals surface area (Å²) < 4.78 is 86.0. The summed E-state index contributed by atoms with van der Waals surface area (Å²) in [5, 5.41) is 12.2. The molecule has 0 aliphatic heterocycles. The maximum absolute atomic E-state index is 13.3. The molecular formula is C29H29F6NO2. The first-order valence-electron chi connectivity index (χ1n) is 12.2. The third-order valence-electron chi connectivity index (χ3n) is 7.31. The number of hydrogen-bond acceptors (Lipinski definition) is 3. The van der Waals surface area contributed by atoms with Crippen molar-refractivity contribution in [2.24, 2.45) is 0 Å². The number of alkyl halides is 6. The van der Waals surface area contributed by atoms with Crippen LogP contribution in [0.15, 0.2) is 78.9 Å². The van der Waals surface area contributed by atoms with Crippen LogP contribution in [-0.4, -0.2) is 22.4 Å². The van der Waals surface area contributed by atoms with Gasteiger partial charge in [0.1, 0.15) is 0 Å². The molecule has 1 saturated carbocycles. The van der Waals surface area contributed by atoms with Crippen molar-refractivity contribution in [1.82, 2.24) is 5.06 Å². The number of hydrogen-bond donors (Lipinski definition) is 1. The molecule has 0 bridgehead atoms. The molecule has 3 nitrogen and oxygen atoms in total. The number of ether oxygens (including phenoxy) is 1. The Labute approximate surface area is 217 Å². The lowest BCUT2D eigenvalue weighted by atomic mass is 9.55. The van der Waals surface area contributed by atoms with Crippen molar-refractivity contribution in [2.45, 2.75) is 62.6 Å². The molecule has 1 N–H and O–H groups in total. The Morgan fingerprint density at radius 1 is 0.842 bits per heavy atom. The zero-order chi connectivity index (χ0) is 27.8. The van der Waals surface area contributed by atoms with Crippen molar-refractivity contribution >= 4 is 0 Å². The van der Waals surface area contributed by atoms with Gasteiger partial charge in [0, 0.05) is 17.5 Å². The molecule has 204 valence electrons. The minimum Gasteiger partial charge on any atom is -0.373 e. The maximum Gasteiger partial charge on any atom is 0.416 e. The number of nitrogens with zero attached hydrogens (tertiary/aromatic N) is 1. The van der Waals surface area contributed by atoms with Gasteiger partial charge in [-0.3, -0.25) is 0 Å². The highest BCUT2D eigenvalue weighted by Crippen LogP contribution is 2.53. The fourth-order valence-corrected chi connectivity index (χ4v) is 5.31. The van der Waals surface area contributed by atoms with Gasteiger partial charge in [0.2, 0.25) is 0 Å². The van der Waals surface area contributed by atoms with Gasteiger partial charge in [-0.15, -0.1) is 0 Å². The predicted octanol–water partition coefficient (Wildman–Crippen LogP) is 8.18. The van der Waals surface area contributed by atoms with E-state index >= 15 is 0 Å². The van der Waals surface area contributed by atoms with Crippen molar-refractivity contribution in [1.29, 1.82) is 0 Å². The zero-order valence-electron chi connectivity index (χ0n) is 21.0. The second-order valence-electron chi connectivity index (χ2n) is 10.3. The Bertz CT molecular complexity index is 1190. The molecule has 1 atom stereocenters. The number of hydroxylamine groups is 2. The van der Waals surface area contributed by atoms with Gasteiger partial charge in [0.15, 0.2) is 0 Å². The number of benzene rings is 3. The minimum atomic E-state index is -4.93. The Kier molecular flexibility index (Phi) is 7.67. The third kappa shape index (κ3) is 6.06. The number of halogens is 6. The van der Waals surface area contributed by atoms with E-state index in [9.17, 15) is 31.5 Å². The second kappa shape index (κ2) is 10.4. The highest BCUT2D eigenvalue weighted by Gasteiger charge is 2.56. The van der Waals surface area contributed by atoms with Crippen LogP contribution in [0.5, 0.6) is 0 Å². The average Bonchev–Trinajstić information content (AvgIpc) is 2.85. The Hall–Kier alpha value is -2.88. The first-order chi connectivity index (χ1) is 17.7. The second-order valence-corrected chi connectivity index (χ2v) is 10.3. The van der Waals surface area contributed by atoms with Crippen LogP contribution >= 0.6 is 0 Å². The Morgan fingerprint density at radius 3 is 1.84 bits per heavy atom. The van der Waals surface area contributed by atoms with Crippen molar-refractivity contribution in [3.8, 4) is 0 Å². The molecule has 0 amide bonds. The zero-order valence-corrected chi connectivity index (χ0v) is 21.0. The van der Waals surface area contributed by atoms with Crippen molar-refractivity contribution < 1.29 is 36.3 Å². The lowest BCUT2D eigenvalue weighted by Crippen LogP contribution is -2.62. The predicted molar refractivity (Wildman–Crippen MR) is 130 cm³/mol. The first-order valence-corrected chi connectivity index (χ1v) is 12.2. The van der Waals surface area contributed by atoms with E-state index in [1.165, 1.54) is 12.0 Å². The van der Waals surface area contributed by atoms with E-state index in [4.69, 9.17) is 4.74 Å². The van der Waals surface area contributed by atoms with E-state index < -0.39 is 40.5 Å². The quantitative estimate of drug-likeness (QED) is 0.232. The molecule has 38 heavy (non-hydrogen) atoms. The molecule has 0 unspecified atom stereocenters. The molecule has 0 radical (unpaired) electrons. The molecular weight excluding hydrogens is 508 g/mol. The fourth-order valence-electron chi connectivity index (χ4n) is 5.31. The molecule has 1 aliphatic rings. The Balaban J connectivity index is 1.55. The monoisotopic (exact) mass is 537 g/mol. The van der Waals surface area contributed by atoms with Crippen molar-refractivity contribution in [3.63, 3.8) is 0 Å². The first kappa shape index (κ1) is 28.1. The lowest BCUT2D eigenvalue weighted by Gasteiger charge is -2.57. The molecule has 0 heterocycles. The summed E-state index contributed by atoms with van der Waals surface area (Å²) in [6.07, 6.45) is -9.92. The molecule has 9 heteroatoms. The summed E-state index contributed by atoms with van der Waals surface area (Å²) in [5.74, 6) is 0. The van der Waals surface area contributed by atoms with Gasteiger partial charge in [-0.1, -0.05) is 60.7 Å². The Morgan fingerprint density at radius 2 is 1.34 bits per heavy atom. The van der Waals surface area contributed by atoms with E-state index in [0.29, 0.717) is 31.5 Å². The summed E-state index contributed by atoms with van der Waals surface area (Å²) in [7, 11) is 0. The summed E-state index contributed by atoms with van der Waals surface area (Å²) >= 11 is 0. The van der Waals surface area contributed by atoms with Gasteiger partial charge in [-0.05, 0) is 61.6 Å². The van der Waals surface area contributed by atoms with E-state index in [1.54, 1.807) is 0 Å². The van der Waals surface area contributed by atoms with Crippen LogP contribution in [0, 0.1) is 0 Å². The van der Waals surface area contributed by atoms with E-state index in [2.05, 4.69) is 0 Å². The standard InChI is InChI=1S/C29H29F6NO2/c1-20(22-13-24(28(30,31)32)15-25(14-22)29(33,34)35)38-19-27(23-11-7-4-8-12-23)17-26(2,18-27)36(37)16-21-9-5-3-6-10-21/h3-15,20,37H,16-19H2,1-2H3/t20-,26?,27?/m1/s1. The topological polar surface area (TPSA) is 32.7 Å². The molecule has 3 aromatic rings. The smallest absolute Gasteiger partial charge is 0.373 e. The van der Waals surface area contributed by atoms with Crippen LogP contribution < -0.4 is 0 Å².